The lowest BCUT2D eigenvalue weighted by Gasteiger charge is -2.28. The number of morpholine rings is 1. The molecule has 5 heterocycles. The summed E-state index contributed by atoms with van der Waals surface area (Å²) in [7, 11) is 1.68. The average molecular weight is 475 g/mol. The summed E-state index contributed by atoms with van der Waals surface area (Å²) in [6, 6.07) is 10.4. The maximum atomic E-state index is 5.54. The molecule has 1 aromatic carbocycles. The Bertz CT molecular complexity index is 1310. The molecule has 6 rings (SSSR count). The predicted octanol–water partition coefficient (Wildman–Crippen LogP) is 3.08. The summed E-state index contributed by atoms with van der Waals surface area (Å²) in [6.07, 6.45) is 5.55. The van der Waals surface area contributed by atoms with Crippen LogP contribution in [0.5, 0.6) is 5.75 Å². The molecule has 182 valence electrons. The zero-order valence-corrected chi connectivity index (χ0v) is 20.0. The summed E-state index contributed by atoms with van der Waals surface area (Å²) < 4.78 is 18.3. The number of benzene rings is 1. The Morgan fingerprint density at radius 3 is 2.54 bits per heavy atom. The van der Waals surface area contributed by atoms with Crippen LogP contribution in [-0.2, 0) is 22.3 Å². The predicted molar refractivity (Wildman–Crippen MR) is 132 cm³/mol. The van der Waals surface area contributed by atoms with Gasteiger partial charge in [0.05, 0.1) is 37.9 Å². The Labute approximate surface area is 204 Å². The van der Waals surface area contributed by atoms with Crippen molar-refractivity contribution in [3.63, 3.8) is 0 Å². The van der Waals surface area contributed by atoms with Gasteiger partial charge >= 0.3 is 0 Å². The van der Waals surface area contributed by atoms with Gasteiger partial charge in [0.2, 0.25) is 5.65 Å². The molecule has 0 bridgehead atoms. The zero-order valence-electron chi connectivity index (χ0n) is 20.0. The van der Waals surface area contributed by atoms with E-state index < -0.39 is 0 Å². The third kappa shape index (κ3) is 4.53. The van der Waals surface area contributed by atoms with Crippen LogP contribution in [0.25, 0.3) is 16.6 Å². The number of hydrogen-bond donors (Lipinski definition) is 0. The van der Waals surface area contributed by atoms with E-state index in [0.29, 0.717) is 18.0 Å². The number of methoxy groups -OCH3 is 1. The smallest absolute Gasteiger partial charge is 0.204 e. The summed E-state index contributed by atoms with van der Waals surface area (Å²) in [4.78, 5) is 7.21. The van der Waals surface area contributed by atoms with Crippen LogP contribution in [0.15, 0.2) is 36.5 Å². The molecule has 0 radical (unpaired) electrons. The quantitative estimate of drug-likeness (QED) is 0.421. The van der Waals surface area contributed by atoms with Gasteiger partial charge in [-0.2, -0.15) is 9.61 Å². The highest BCUT2D eigenvalue weighted by molar-refractivity contribution is 5.93. The van der Waals surface area contributed by atoms with Crippen LogP contribution in [-0.4, -0.2) is 71.4 Å². The molecule has 2 aliphatic heterocycles. The van der Waals surface area contributed by atoms with E-state index in [-0.39, 0.29) is 0 Å². The molecular formula is C26H30N6O3. The van der Waals surface area contributed by atoms with Crippen LogP contribution in [0.4, 0.5) is 5.69 Å². The van der Waals surface area contributed by atoms with E-state index in [4.69, 9.17) is 24.3 Å². The average Bonchev–Trinajstić information content (AvgIpc) is 3.32. The van der Waals surface area contributed by atoms with Crippen LogP contribution >= 0.6 is 0 Å². The fourth-order valence-corrected chi connectivity index (χ4v) is 4.99. The second-order valence-corrected chi connectivity index (χ2v) is 9.27. The van der Waals surface area contributed by atoms with E-state index >= 15 is 0 Å². The molecule has 0 amide bonds. The molecule has 0 saturated carbocycles. The van der Waals surface area contributed by atoms with Crippen LogP contribution in [0, 0.1) is 5.92 Å². The van der Waals surface area contributed by atoms with Crippen LogP contribution in [0.1, 0.15) is 29.9 Å². The van der Waals surface area contributed by atoms with Crippen LogP contribution in [0.2, 0.25) is 0 Å². The minimum atomic E-state index is 0.537. The maximum absolute atomic E-state index is 5.54. The highest BCUT2D eigenvalue weighted by Gasteiger charge is 2.22. The summed E-state index contributed by atoms with van der Waals surface area (Å²) >= 11 is 0. The van der Waals surface area contributed by atoms with Crippen molar-refractivity contribution >= 4 is 22.2 Å². The van der Waals surface area contributed by atoms with E-state index in [0.717, 1.165) is 98.2 Å². The minimum Gasteiger partial charge on any atom is -0.497 e. The van der Waals surface area contributed by atoms with Crippen molar-refractivity contribution in [3.8, 4) is 5.75 Å². The van der Waals surface area contributed by atoms with Crippen molar-refractivity contribution in [2.75, 3.05) is 51.5 Å². The molecule has 2 saturated heterocycles. The third-order valence-electron chi connectivity index (χ3n) is 7.04. The van der Waals surface area contributed by atoms with E-state index in [1.54, 1.807) is 7.11 Å². The summed E-state index contributed by atoms with van der Waals surface area (Å²) in [5.41, 5.74) is 4.77. The normalized spacial score (nSPS) is 17.3. The van der Waals surface area contributed by atoms with Crippen molar-refractivity contribution < 1.29 is 14.2 Å². The molecule has 9 nitrogen and oxygen atoms in total. The number of rotatable bonds is 6. The fraction of sp³-hybridized carbons (Fsp3) is 0.462. The largest absolute Gasteiger partial charge is 0.497 e. The van der Waals surface area contributed by atoms with E-state index in [2.05, 4.69) is 33.3 Å². The van der Waals surface area contributed by atoms with E-state index in [9.17, 15) is 0 Å². The number of fused-ring (bicyclic) bond motifs is 3. The van der Waals surface area contributed by atoms with Gasteiger partial charge in [0.1, 0.15) is 11.3 Å². The first-order chi connectivity index (χ1) is 17.3. The lowest BCUT2D eigenvalue weighted by atomic mass is 9.96. The number of pyridine rings is 1. The molecule has 0 spiro atoms. The highest BCUT2D eigenvalue weighted by atomic mass is 16.5. The first-order valence-corrected chi connectivity index (χ1v) is 12.3. The Morgan fingerprint density at radius 2 is 1.77 bits per heavy atom. The molecule has 4 aromatic rings. The number of anilines is 1. The Hall–Kier alpha value is -3.30. The number of hydrogen-bond acceptors (Lipinski definition) is 8. The molecule has 35 heavy (non-hydrogen) atoms. The summed E-state index contributed by atoms with van der Waals surface area (Å²) in [6.45, 7) is 4.80. The third-order valence-corrected chi connectivity index (χ3v) is 7.04. The van der Waals surface area contributed by atoms with Gasteiger partial charge in [-0.1, -0.05) is 12.1 Å². The Balaban J connectivity index is 1.44. The van der Waals surface area contributed by atoms with Gasteiger partial charge in [-0.25, -0.2) is 4.98 Å². The second kappa shape index (κ2) is 9.75. The summed E-state index contributed by atoms with van der Waals surface area (Å²) in [5.74, 6) is 2.27. The molecular weight excluding hydrogens is 444 g/mol. The number of aromatic nitrogens is 5. The molecule has 0 atom stereocenters. The molecule has 0 aliphatic carbocycles. The van der Waals surface area contributed by atoms with Gasteiger partial charge < -0.3 is 19.1 Å². The number of ether oxygens (including phenoxy) is 3. The van der Waals surface area contributed by atoms with Crippen molar-refractivity contribution in [1.82, 2.24) is 24.8 Å². The Morgan fingerprint density at radius 1 is 1.00 bits per heavy atom. The lowest BCUT2D eigenvalue weighted by Crippen LogP contribution is -2.36. The van der Waals surface area contributed by atoms with Gasteiger partial charge in [-0.3, -0.25) is 0 Å². The Kier molecular flexibility index (Phi) is 6.18. The van der Waals surface area contributed by atoms with Crippen LogP contribution in [0.3, 0.4) is 0 Å². The molecule has 3 aromatic heterocycles. The molecule has 2 fully saturated rings. The molecule has 9 heteroatoms. The monoisotopic (exact) mass is 474 g/mol. The van der Waals surface area contributed by atoms with Gasteiger partial charge in [0.25, 0.3) is 0 Å². The van der Waals surface area contributed by atoms with Crippen molar-refractivity contribution in [2.24, 2.45) is 5.92 Å². The zero-order chi connectivity index (χ0) is 23.6. The summed E-state index contributed by atoms with van der Waals surface area (Å²) in [5, 5.41) is 15.2. The van der Waals surface area contributed by atoms with E-state index in [1.165, 1.54) is 0 Å². The second-order valence-electron chi connectivity index (χ2n) is 9.27. The lowest BCUT2D eigenvalue weighted by molar-refractivity contribution is 0.0658. The van der Waals surface area contributed by atoms with Gasteiger partial charge in [0.15, 0.2) is 5.82 Å². The topological polar surface area (TPSA) is 86.9 Å². The minimum absolute atomic E-state index is 0.537. The molecule has 0 N–H and O–H groups in total. The van der Waals surface area contributed by atoms with Crippen molar-refractivity contribution in [1.29, 1.82) is 0 Å². The maximum Gasteiger partial charge on any atom is 0.204 e. The van der Waals surface area contributed by atoms with Gasteiger partial charge in [0, 0.05) is 44.5 Å². The SMILES string of the molecule is COc1ccc(Cc2nn3c(CC4CCOCC4)nnc3c3ncc(N4CCOCC4)cc23)cc1. The van der Waals surface area contributed by atoms with E-state index in [1.807, 2.05) is 22.8 Å². The number of nitrogens with zero attached hydrogens (tertiary/aromatic N) is 6. The van der Waals surface area contributed by atoms with Crippen LogP contribution < -0.4 is 9.64 Å². The fourth-order valence-electron chi connectivity index (χ4n) is 4.99. The first-order valence-electron chi connectivity index (χ1n) is 12.3. The highest BCUT2D eigenvalue weighted by Crippen LogP contribution is 2.28. The van der Waals surface area contributed by atoms with Gasteiger partial charge in [-0.05, 0) is 42.5 Å². The van der Waals surface area contributed by atoms with Gasteiger partial charge in [-0.15, -0.1) is 10.2 Å². The standard InChI is InChI=1S/C26H30N6O3/c1-33-21-4-2-18(3-5-21)14-23-22-16-20(31-8-12-35-13-9-31)17-27-25(22)26-29-28-24(32(26)30-23)15-19-6-10-34-11-7-19/h2-5,16-17,19H,6-15H2,1H3. The first kappa shape index (κ1) is 22.2. The molecule has 0 unspecified atom stereocenters. The van der Waals surface area contributed by atoms with Crippen molar-refractivity contribution in [2.45, 2.75) is 25.7 Å². The molecule has 2 aliphatic rings. The van der Waals surface area contributed by atoms with Crippen molar-refractivity contribution in [3.05, 3.63) is 53.6 Å².